The molecule has 3 nitrogen and oxygen atoms in total. The second-order valence-electron chi connectivity index (χ2n) is 6.27. The third-order valence-electron chi connectivity index (χ3n) is 3.42. The zero-order valence-corrected chi connectivity index (χ0v) is 13.4. The molecule has 2 rings (SSSR count). The van der Waals surface area contributed by atoms with Crippen LogP contribution in [0.25, 0.3) is 0 Å². The molecule has 1 aliphatic carbocycles. The predicted octanol–water partition coefficient (Wildman–Crippen LogP) is 3.49. The van der Waals surface area contributed by atoms with Crippen molar-refractivity contribution in [1.29, 1.82) is 0 Å². The molecule has 0 aliphatic heterocycles. The van der Waals surface area contributed by atoms with Crippen molar-refractivity contribution in [2.45, 2.75) is 65.0 Å². The zero-order valence-electron chi connectivity index (χ0n) is 12.6. The minimum Gasteiger partial charge on any atom is -0.375 e. The van der Waals surface area contributed by atoms with Crippen molar-refractivity contribution in [2.75, 3.05) is 13.2 Å². The van der Waals surface area contributed by atoms with Crippen molar-refractivity contribution in [1.82, 2.24) is 10.3 Å². The van der Waals surface area contributed by atoms with Gasteiger partial charge in [0, 0.05) is 29.5 Å². The van der Waals surface area contributed by atoms with Gasteiger partial charge in [-0.15, -0.1) is 11.3 Å². The number of thiazole rings is 1. The van der Waals surface area contributed by atoms with E-state index in [9.17, 15) is 0 Å². The standard InChI is InChI=1S/C15H26N2OS/c1-5-18-10-13-17-14-11(9-16-15(2,3)4)7-6-8-12(14)19-13/h11,16H,5-10H2,1-4H3. The van der Waals surface area contributed by atoms with Crippen LogP contribution in [-0.2, 0) is 17.8 Å². The van der Waals surface area contributed by atoms with E-state index in [-0.39, 0.29) is 5.54 Å². The van der Waals surface area contributed by atoms with E-state index in [0.717, 1.165) is 18.2 Å². The minimum atomic E-state index is 0.182. The van der Waals surface area contributed by atoms with Crippen LogP contribution < -0.4 is 5.32 Å². The molecular weight excluding hydrogens is 256 g/mol. The van der Waals surface area contributed by atoms with Gasteiger partial charge >= 0.3 is 0 Å². The topological polar surface area (TPSA) is 34.1 Å². The molecule has 1 aliphatic rings. The molecule has 108 valence electrons. The van der Waals surface area contributed by atoms with Crippen molar-refractivity contribution in [3.63, 3.8) is 0 Å². The van der Waals surface area contributed by atoms with Crippen LogP contribution >= 0.6 is 11.3 Å². The molecule has 1 atom stereocenters. The number of rotatable bonds is 5. The normalized spacial score (nSPS) is 19.5. The summed E-state index contributed by atoms with van der Waals surface area (Å²) in [5.41, 5.74) is 1.52. The number of hydrogen-bond acceptors (Lipinski definition) is 4. The fraction of sp³-hybridized carbons (Fsp3) is 0.800. The van der Waals surface area contributed by atoms with E-state index in [1.807, 2.05) is 18.3 Å². The Labute approximate surface area is 120 Å². The van der Waals surface area contributed by atoms with Gasteiger partial charge in [-0.25, -0.2) is 4.98 Å². The van der Waals surface area contributed by atoms with Crippen molar-refractivity contribution in [2.24, 2.45) is 0 Å². The van der Waals surface area contributed by atoms with Crippen molar-refractivity contribution >= 4 is 11.3 Å². The van der Waals surface area contributed by atoms with Gasteiger partial charge in [0.05, 0.1) is 12.3 Å². The maximum absolute atomic E-state index is 5.48. The van der Waals surface area contributed by atoms with E-state index in [4.69, 9.17) is 9.72 Å². The lowest BCUT2D eigenvalue weighted by atomic mass is 9.90. The highest BCUT2D eigenvalue weighted by atomic mass is 32.1. The Morgan fingerprint density at radius 3 is 2.89 bits per heavy atom. The fourth-order valence-corrected chi connectivity index (χ4v) is 3.57. The van der Waals surface area contributed by atoms with E-state index in [1.54, 1.807) is 0 Å². The molecule has 0 amide bonds. The highest BCUT2D eigenvalue weighted by molar-refractivity contribution is 7.11. The maximum atomic E-state index is 5.48. The lowest BCUT2D eigenvalue weighted by molar-refractivity contribution is 0.133. The predicted molar refractivity (Wildman–Crippen MR) is 80.9 cm³/mol. The summed E-state index contributed by atoms with van der Waals surface area (Å²) in [5.74, 6) is 0.578. The van der Waals surface area contributed by atoms with Gasteiger partial charge in [0.2, 0.25) is 0 Å². The number of aromatic nitrogens is 1. The van der Waals surface area contributed by atoms with Crippen LogP contribution in [0.3, 0.4) is 0 Å². The Morgan fingerprint density at radius 1 is 1.42 bits per heavy atom. The number of aryl methyl sites for hydroxylation is 1. The number of nitrogens with zero attached hydrogens (tertiary/aromatic N) is 1. The van der Waals surface area contributed by atoms with Crippen LogP contribution in [0.15, 0.2) is 0 Å². The SMILES string of the molecule is CCOCc1nc2c(s1)CCCC2CNC(C)(C)C. The average molecular weight is 282 g/mol. The second-order valence-corrected chi connectivity index (χ2v) is 7.44. The van der Waals surface area contributed by atoms with E-state index in [2.05, 4.69) is 26.1 Å². The Balaban J connectivity index is 2.03. The number of hydrogen-bond donors (Lipinski definition) is 1. The molecule has 1 aromatic rings. The molecule has 0 spiro atoms. The first-order valence-corrected chi connectivity index (χ1v) is 8.12. The van der Waals surface area contributed by atoms with E-state index >= 15 is 0 Å². The summed E-state index contributed by atoms with van der Waals surface area (Å²) in [7, 11) is 0. The van der Waals surface area contributed by atoms with Crippen LogP contribution in [0.1, 0.15) is 62.0 Å². The highest BCUT2D eigenvalue weighted by Crippen LogP contribution is 2.34. The molecule has 0 radical (unpaired) electrons. The largest absolute Gasteiger partial charge is 0.375 e. The van der Waals surface area contributed by atoms with Crippen LogP contribution in [-0.4, -0.2) is 23.7 Å². The first-order chi connectivity index (χ1) is 8.99. The molecule has 1 heterocycles. The number of fused-ring (bicyclic) bond motifs is 1. The van der Waals surface area contributed by atoms with Crippen molar-refractivity contribution in [3.8, 4) is 0 Å². The van der Waals surface area contributed by atoms with Gasteiger partial charge in [0.1, 0.15) is 5.01 Å². The van der Waals surface area contributed by atoms with Gasteiger partial charge in [-0.2, -0.15) is 0 Å². The summed E-state index contributed by atoms with van der Waals surface area (Å²) in [6.45, 7) is 11.2. The van der Waals surface area contributed by atoms with Gasteiger partial charge < -0.3 is 10.1 Å². The maximum Gasteiger partial charge on any atom is 0.119 e. The molecule has 1 N–H and O–H groups in total. The molecule has 0 fully saturated rings. The van der Waals surface area contributed by atoms with Crippen molar-refractivity contribution in [3.05, 3.63) is 15.6 Å². The van der Waals surface area contributed by atoms with E-state index < -0.39 is 0 Å². The Morgan fingerprint density at radius 2 is 2.21 bits per heavy atom. The van der Waals surface area contributed by atoms with Gasteiger partial charge in [-0.1, -0.05) is 0 Å². The molecule has 1 aromatic heterocycles. The Bertz CT molecular complexity index is 409. The molecule has 0 aromatic carbocycles. The fourth-order valence-electron chi connectivity index (χ4n) is 2.44. The number of nitrogens with one attached hydrogen (secondary N) is 1. The van der Waals surface area contributed by atoms with Crippen LogP contribution in [0.5, 0.6) is 0 Å². The van der Waals surface area contributed by atoms with Gasteiger partial charge in [-0.3, -0.25) is 0 Å². The summed E-state index contributed by atoms with van der Waals surface area (Å²) in [4.78, 5) is 6.31. The first-order valence-electron chi connectivity index (χ1n) is 7.31. The summed E-state index contributed by atoms with van der Waals surface area (Å²) >= 11 is 1.85. The molecule has 0 saturated heterocycles. The van der Waals surface area contributed by atoms with E-state index in [0.29, 0.717) is 12.5 Å². The molecule has 0 bridgehead atoms. The molecular formula is C15H26N2OS. The monoisotopic (exact) mass is 282 g/mol. The van der Waals surface area contributed by atoms with Gasteiger partial charge in [0.25, 0.3) is 0 Å². The second kappa shape index (κ2) is 6.33. The highest BCUT2D eigenvalue weighted by Gasteiger charge is 2.25. The van der Waals surface area contributed by atoms with Gasteiger partial charge in [-0.05, 0) is 47.0 Å². The third kappa shape index (κ3) is 4.26. The lowest BCUT2D eigenvalue weighted by Crippen LogP contribution is -2.39. The smallest absolute Gasteiger partial charge is 0.119 e. The van der Waals surface area contributed by atoms with Crippen LogP contribution in [0.4, 0.5) is 0 Å². The van der Waals surface area contributed by atoms with Crippen LogP contribution in [0, 0.1) is 0 Å². The first kappa shape index (κ1) is 14.9. The Hall–Kier alpha value is -0.450. The summed E-state index contributed by atoms with van der Waals surface area (Å²) in [6.07, 6.45) is 3.75. The lowest BCUT2D eigenvalue weighted by Gasteiger charge is -2.27. The molecule has 0 saturated carbocycles. The zero-order chi connectivity index (χ0) is 13.9. The summed E-state index contributed by atoms with van der Waals surface area (Å²) in [5, 5.41) is 4.77. The summed E-state index contributed by atoms with van der Waals surface area (Å²) < 4.78 is 5.48. The molecule has 19 heavy (non-hydrogen) atoms. The minimum absolute atomic E-state index is 0.182. The van der Waals surface area contributed by atoms with Gasteiger partial charge in [0.15, 0.2) is 0 Å². The molecule has 4 heteroatoms. The number of ether oxygens (including phenoxy) is 1. The molecule has 1 unspecified atom stereocenters. The van der Waals surface area contributed by atoms with Crippen LogP contribution in [0.2, 0.25) is 0 Å². The van der Waals surface area contributed by atoms with Crippen molar-refractivity contribution < 1.29 is 4.74 Å². The van der Waals surface area contributed by atoms with E-state index in [1.165, 1.54) is 29.8 Å². The summed E-state index contributed by atoms with van der Waals surface area (Å²) in [6, 6.07) is 0. The Kier molecular flexibility index (Phi) is 4.98. The average Bonchev–Trinajstić information content (AvgIpc) is 2.76. The third-order valence-corrected chi connectivity index (χ3v) is 4.53. The quantitative estimate of drug-likeness (QED) is 0.897.